The highest BCUT2D eigenvalue weighted by atomic mass is 32.3. The molecule has 1 aliphatic heterocycles. The average Bonchev–Trinajstić information content (AvgIpc) is 2.89. The van der Waals surface area contributed by atoms with E-state index in [0.717, 1.165) is 0 Å². The van der Waals surface area contributed by atoms with E-state index >= 15 is 0 Å². The van der Waals surface area contributed by atoms with Gasteiger partial charge in [0.25, 0.3) is 0 Å². The molecule has 8 nitrogen and oxygen atoms in total. The van der Waals surface area contributed by atoms with Gasteiger partial charge in [-0.1, -0.05) is 0 Å². The van der Waals surface area contributed by atoms with Crippen LogP contribution in [0.3, 0.4) is 0 Å². The van der Waals surface area contributed by atoms with Crippen LogP contribution in [0.2, 0.25) is 0 Å². The first kappa shape index (κ1) is 15.4. The van der Waals surface area contributed by atoms with Crippen LogP contribution in [0, 0.1) is 5.92 Å². The summed E-state index contributed by atoms with van der Waals surface area (Å²) in [5.74, 6) is -2.22. The summed E-state index contributed by atoms with van der Waals surface area (Å²) in [5.41, 5.74) is 0.0945. The summed E-state index contributed by atoms with van der Waals surface area (Å²) in [6.45, 7) is 0.00547. The number of hydrogen-bond acceptors (Lipinski definition) is 6. The highest BCUT2D eigenvalue weighted by Gasteiger charge is 2.37. The lowest BCUT2D eigenvalue weighted by Crippen LogP contribution is -2.29. The van der Waals surface area contributed by atoms with E-state index in [2.05, 4.69) is 9.84 Å². The van der Waals surface area contributed by atoms with Crippen molar-refractivity contribution >= 4 is 27.9 Å². The Morgan fingerprint density at radius 3 is 2.81 bits per heavy atom. The van der Waals surface area contributed by atoms with E-state index in [1.165, 1.54) is 29.9 Å². The molecule has 1 aromatic heterocycles. The summed E-state index contributed by atoms with van der Waals surface area (Å²) in [4.78, 5) is 24.9. The van der Waals surface area contributed by atoms with Gasteiger partial charge in [-0.25, -0.2) is 4.79 Å². The van der Waals surface area contributed by atoms with Crippen LogP contribution in [-0.2, 0) is 26.8 Å². The Labute approximate surface area is 120 Å². The van der Waals surface area contributed by atoms with Crippen molar-refractivity contribution in [2.24, 2.45) is 13.0 Å². The number of amides is 1. The molecule has 1 fully saturated rings. The Balaban J connectivity index is 2.29. The number of rotatable bonds is 4. The largest absolute Gasteiger partial charge is 0.465 e. The van der Waals surface area contributed by atoms with Crippen molar-refractivity contribution in [1.29, 1.82) is 0 Å². The van der Waals surface area contributed by atoms with Crippen molar-refractivity contribution < 1.29 is 26.6 Å². The molecule has 2 rings (SSSR count). The van der Waals surface area contributed by atoms with Gasteiger partial charge >= 0.3 is 16.2 Å². The molecule has 0 bridgehead atoms. The third-order valence-corrected chi connectivity index (χ3v) is 4.08. The first-order chi connectivity index (χ1) is 9.73. The van der Waals surface area contributed by atoms with Gasteiger partial charge in [0.15, 0.2) is 0 Å². The highest BCUT2D eigenvalue weighted by molar-refractivity contribution is 7.86. The first-order valence-electron chi connectivity index (χ1n) is 6.06. The van der Waals surface area contributed by atoms with Crippen LogP contribution < -0.4 is 4.90 Å². The number of carbonyl (C=O) groups is 2. The fourth-order valence-electron chi connectivity index (χ4n) is 2.38. The molecule has 0 aliphatic carbocycles. The van der Waals surface area contributed by atoms with Gasteiger partial charge < -0.3 is 4.74 Å². The molecule has 0 saturated carbocycles. The minimum absolute atomic E-state index is 0.00547. The van der Waals surface area contributed by atoms with Crippen molar-refractivity contribution in [2.75, 3.05) is 24.3 Å². The monoisotopic (exact) mass is 319 g/mol. The van der Waals surface area contributed by atoms with Crippen molar-refractivity contribution in [2.45, 2.75) is 6.42 Å². The Bertz CT molecular complexity index is 684. The number of anilines is 1. The lowest BCUT2D eigenvalue weighted by Gasteiger charge is -2.17. The molecule has 116 valence electrons. The van der Waals surface area contributed by atoms with Crippen LogP contribution >= 0.6 is 0 Å². The number of halogens is 1. The fraction of sp³-hybridized carbons (Fsp3) is 0.545. The lowest BCUT2D eigenvalue weighted by molar-refractivity contribution is -0.117. The predicted molar refractivity (Wildman–Crippen MR) is 69.9 cm³/mol. The van der Waals surface area contributed by atoms with Gasteiger partial charge in [0.05, 0.1) is 19.1 Å². The van der Waals surface area contributed by atoms with Crippen LogP contribution in [0.4, 0.5) is 9.70 Å². The zero-order valence-electron chi connectivity index (χ0n) is 11.4. The zero-order chi connectivity index (χ0) is 15.8. The minimum Gasteiger partial charge on any atom is -0.465 e. The lowest BCUT2D eigenvalue weighted by atomic mass is 10.1. The molecule has 1 aliphatic rings. The molecule has 1 aromatic rings. The van der Waals surface area contributed by atoms with Crippen LogP contribution in [0.25, 0.3) is 0 Å². The van der Waals surface area contributed by atoms with E-state index in [0.29, 0.717) is 0 Å². The third-order valence-electron chi connectivity index (χ3n) is 3.21. The number of esters is 1. The van der Waals surface area contributed by atoms with E-state index in [1.54, 1.807) is 0 Å². The molecule has 0 aromatic carbocycles. The molecule has 1 atom stereocenters. The van der Waals surface area contributed by atoms with Crippen molar-refractivity contribution in [3.8, 4) is 0 Å². The number of carbonyl (C=O) groups excluding carboxylic acids is 2. The smallest absolute Gasteiger partial charge is 0.343 e. The second-order valence-electron chi connectivity index (χ2n) is 4.78. The molecule has 10 heteroatoms. The van der Waals surface area contributed by atoms with E-state index in [9.17, 15) is 21.9 Å². The van der Waals surface area contributed by atoms with Crippen molar-refractivity contribution in [3.05, 3.63) is 11.8 Å². The summed E-state index contributed by atoms with van der Waals surface area (Å²) in [5, 5.41) is 3.89. The average molecular weight is 319 g/mol. The maximum Gasteiger partial charge on any atom is 0.343 e. The zero-order valence-corrected chi connectivity index (χ0v) is 12.3. The van der Waals surface area contributed by atoms with Crippen LogP contribution in [0.15, 0.2) is 6.20 Å². The van der Waals surface area contributed by atoms with Crippen LogP contribution in [0.1, 0.15) is 16.8 Å². The van der Waals surface area contributed by atoms with E-state index in [-0.39, 0.29) is 24.3 Å². The fourth-order valence-corrected chi connectivity index (χ4v) is 3.17. The normalized spacial score (nSPS) is 19.1. The topological polar surface area (TPSA) is 98.6 Å². The number of methoxy groups -OCH3 is 1. The molecule has 1 amide bonds. The van der Waals surface area contributed by atoms with Crippen molar-refractivity contribution in [1.82, 2.24) is 9.78 Å². The molecule has 0 spiro atoms. The Morgan fingerprint density at radius 2 is 2.24 bits per heavy atom. The second kappa shape index (κ2) is 5.43. The maximum absolute atomic E-state index is 12.7. The number of aromatic nitrogens is 2. The standard InChI is InChI=1S/C11H14FN3O5S/c1-14-10(8(4-13-14)11(17)20-2)15-5-7(3-9(15)16)6-21(12,18)19/h4,7H,3,5-6H2,1-2H3. The summed E-state index contributed by atoms with van der Waals surface area (Å²) in [6.07, 6.45) is 1.16. The van der Waals surface area contributed by atoms with Crippen LogP contribution in [-0.4, -0.2) is 49.5 Å². The quantitative estimate of drug-likeness (QED) is 0.566. The summed E-state index contributed by atoms with van der Waals surface area (Å²) in [6, 6.07) is 0. The minimum atomic E-state index is -4.66. The summed E-state index contributed by atoms with van der Waals surface area (Å²) in [7, 11) is -1.92. The molecule has 0 N–H and O–H groups in total. The summed E-state index contributed by atoms with van der Waals surface area (Å²) < 4.78 is 40.0. The Hall–Kier alpha value is -1.97. The van der Waals surface area contributed by atoms with Gasteiger partial charge in [-0.3, -0.25) is 14.4 Å². The molecule has 2 heterocycles. The van der Waals surface area contributed by atoms with Crippen LogP contribution in [0.5, 0.6) is 0 Å². The van der Waals surface area contributed by atoms with Gasteiger partial charge in [-0.2, -0.15) is 13.5 Å². The van der Waals surface area contributed by atoms with Gasteiger partial charge in [0.1, 0.15) is 11.4 Å². The SMILES string of the molecule is COC(=O)c1cnn(C)c1N1CC(CS(=O)(=O)F)CC1=O. The van der Waals surface area contributed by atoms with Gasteiger partial charge in [-0.05, 0) is 0 Å². The van der Waals surface area contributed by atoms with Crippen molar-refractivity contribution in [3.63, 3.8) is 0 Å². The van der Waals surface area contributed by atoms with Gasteiger partial charge in [0, 0.05) is 25.9 Å². The Morgan fingerprint density at radius 1 is 1.57 bits per heavy atom. The number of hydrogen-bond donors (Lipinski definition) is 0. The Kier molecular flexibility index (Phi) is 3.99. The molecule has 1 saturated heterocycles. The van der Waals surface area contributed by atoms with E-state index in [1.807, 2.05) is 0 Å². The molecular formula is C11H14FN3O5S. The predicted octanol–water partition coefficient (Wildman–Crippen LogP) is -0.141. The number of aryl methyl sites for hydroxylation is 1. The maximum atomic E-state index is 12.7. The van der Waals surface area contributed by atoms with Gasteiger partial charge in [0.2, 0.25) is 5.91 Å². The third kappa shape index (κ3) is 3.20. The second-order valence-corrected chi connectivity index (χ2v) is 6.19. The molecule has 21 heavy (non-hydrogen) atoms. The molecule has 0 radical (unpaired) electrons. The first-order valence-corrected chi connectivity index (χ1v) is 7.61. The van der Waals surface area contributed by atoms with E-state index in [4.69, 9.17) is 0 Å². The number of nitrogens with zero attached hydrogens (tertiary/aromatic N) is 3. The molecular weight excluding hydrogens is 305 g/mol. The molecule has 1 unspecified atom stereocenters. The van der Waals surface area contributed by atoms with E-state index < -0.39 is 33.8 Å². The van der Waals surface area contributed by atoms with Gasteiger partial charge in [-0.15, -0.1) is 3.89 Å². The number of ether oxygens (including phenoxy) is 1. The summed E-state index contributed by atoms with van der Waals surface area (Å²) >= 11 is 0. The highest BCUT2D eigenvalue weighted by Crippen LogP contribution is 2.29.